The van der Waals surface area contributed by atoms with Crippen LogP contribution >= 0.6 is 11.6 Å². The summed E-state index contributed by atoms with van der Waals surface area (Å²) in [4.78, 5) is 3.91. The van der Waals surface area contributed by atoms with E-state index in [0.717, 1.165) is 5.56 Å². The molecule has 1 N–H and O–H groups in total. The van der Waals surface area contributed by atoms with Crippen LogP contribution in [0.2, 0.25) is 5.02 Å². The summed E-state index contributed by atoms with van der Waals surface area (Å²) < 4.78 is 19.1. The van der Waals surface area contributed by atoms with Gasteiger partial charge in [-0.3, -0.25) is 4.98 Å². The van der Waals surface area contributed by atoms with E-state index in [0.29, 0.717) is 22.9 Å². The van der Waals surface area contributed by atoms with Crippen molar-refractivity contribution in [1.82, 2.24) is 10.3 Å². The third-order valence-corrected chi connectivity index (χ3v) is 2.77. The zero-order valence-corrected chi connectivity index (χ0v) is 11.2. The lowest BCUT2D eigenvalue weighted by atomic mass is 10.1. The molecule has 0 amide bonds. The molecular formula is C14H14ClFN2O. The van der Waals surface area contributed by atoms with Crippen molar-refractivity contribution in [3.8, 4) is 5.75 Å². The molecule has 1 aromatic heterocycles. The molecular weight excluding hydrogens is 267 g/mol. The molecule has 0 bridgehead atoms. The van der Waals surface area contributed by atoms with Gasteiger partial charge in [0.1, 0.15) is 18.2 Å². The number of benzene rings is 1. The molecule has 1 heterocycles. The largest absolute Gasteiger partial charge is 0.487 e. The molecule has 3 nitrogen and oxygen atoms in total. The Bertz CT molecular complexity index is 563. The van der Waals surface area contributed by atoms with Gasteiger partial charge >= 0.3 is 0 Å². The molecule has 0 spiro atoms. The summed E-state index contributed by atoms with van der Waals surface area (Å²) in [6.45, 7) is 0.831. The van der Waals surface area contributed by atoms with E-state index in [9.17, 15) is 4.39 Å². The van der Waals surface area contributed by atoms with Crippen molar-refractivity contribution in [3.63, 3.8) is 0 Å². The Morgan fingerprint density at radius 1 is 1.32 bits per heavy atom. The van der Waals surface area contributed by atoms with Crippen molar-refractivity contribution in [2.45, 2.75) is 13.2 Å². The van der Waals surface area contributed by atoms with Crippen molar-refractivity contribution in [2.75, 3.05) is 7.05 Å². The molecule has 0 unspecified atom stereocenters. The molecule has 0 atom stereocenters. The van der Waals surface area contributed by atoms with Gasteiger partial charge in [-0.2, -0.15) is 0 Å². The zero-order valence-electron chi connectivity index (χ0n) is 10.5. The quantitative estimate of drug-likeness (QED) is 0.913. The van der Waals surface area contributed by atoms with E-state index in [1.165, 1.54) is 12.3 Å². The van der Waals surface area contributed by atoms with Crippen LogP contribution < -0.4 is 10.1 Å². The Morgan fingerprint density at radius 2 is 2.16 bits per heavy atom. The number of ether oxygens (including phenoxy) is 1. The summed E-state index contributed by atoms with van der Waals surface area (Å²) >= 11 is 5.80. The molecule has 0 saturated carbocycles. The lowest BCUT2D eigenvalue weighted by molar-refractivity contribution is 0.298. The van der Waals surface area contributed by atoms with Crippen molar-refractivity contribution < 1.29 is 9.13 Å². The molecule has 0 aliphatic rings. The Kier molecular flexibility index (Phi) is 4.71. The fourth-order valence-electron chi connectivity index (χ4n) is 1.69. The fourth-order valence-corrected chi connectivity index (χ4v) is 1.85. The molecule has 0 radical (unpaired) electrons. The monoisotopic (exact) mass is 280 g/mol. The van der Waals surface area contributed by atoms with Crippen LogP contribution in [0.25, 0.3) is 0 Å². The molecule has 2 aromatic rings. The highest BCUT2D eigenvalue weighted by molar-refractivity contribution is 6.30. The van der Waals surface area contributed by atoms with Gasteiger partial charge in [0.25, 0.3) is 0 Å². The SMILES string of the molecule is CNCc1ccc(F)c(COc2cncc(Cl)c2)c1. The zero-order chi connectivity index (χ0) is 13.7. The van der Waals surface area contributed by atoms with E-state index < -0.39 is 0 Å². The summed E-state index contributed by atoms with van der Waals surface area (Å²) in [5.74, 6) is 0.237. The second kappa shape index (κ2) is 6.50. The maximum Gasteiger partial charge on any atom is 0.139 e. The first-order valence-electron chi connectivity index (χ1n) is 5.84. The molecule has 0 fully saturated rings. The molecule has 0 aliphatic heterocycles. The maximum atomic E-state index is 13.6. The fraction of sp³-hybridized carbons (Fsp3) is 0.214. The average molecular weight is 281 g/mol. The molecule has 1 aromatic carbocycles. The average Bonchev–Trinajstić information content (AvgIpc) is 2.40. The third-order valence-electron chi connectivity index (χ3n) is 2.57. The number of nitrogens with one attached hydrogen (secondary N) is 1. The Balaban J connectivity index is 2.08. The van der Waals surface area contributed by atoms with E-state index >= 15 is 0 Å². The minimum absolute atomic E-state index is 0.144. The smallest absolute Gasteiger partial charge is 0.139 e. The van der Waals surface area contributed by atoms with Gasteiger partial charge in [-0.15, -0.1) is 0 Å². The second-order valence-corrected chi connectivity index (χ2v) is 4.52. The minimum atomic E-state index is -0.283. The summed E-state index contributed by atoms with van der Waals surface area (Å²) in [5, 5.41) is 3.51. The van der Waals surface area contributed by atoms with Crippen molar-refractivity contribution in [3.05, 3.63) is 58.6 Å². The number of halogens is 2. The molecule has 0 saturated heterocycles. The summed E-state index contributed by atoms with van der Waals surface area (Å²) in [6.07, 6.45) is 3.06. The van der Waals surface area contributed by atoms with Gasteiger partial charge in [-0.25, -0.2) is 4.39 Å². The van der Waals surface area contributed by atoms with E-state index in [-0.39, 0.29) is 12.4 Å². The maximum absolute atomic E-state index is 13.6. The van der Waals surface area contributed by atoms with E-state index in [1.807, 2.05) is 7.05 Å². The lowest BCUT2D eigenvalue weighted by Crippen LogP contribution is -2.07. The van der Waals surface area contributed by atoms with E-state index in [1.54, 1.807) is 24.4 Å². The van der Waals surface area contributed by atoms with Crippen LogP contribution in [-0.4, -0.2) is 12.0 Å². The lowest BCUT2D eigenvalue weighted by Gasteiger charge is -2.09. The third kappa shape index (κ3) is 3.91. The first-order chi connectivity index (χ1) is 9.19. The van der Waals surface area contributed by atoms with Gasteiger partial charge < -0.3 is 10.1 Å². The van der Waals surface area contributed by atoms with Gasteiger partial charge in [0.15, 0.2) is 0 Å². The highest BCUT2D eigenvalue weighted by Gasteiger charge is 2.05. The molecule has 0 aliphatic carbocycles. The summed E-state index contributed by atoms with van der Waals surface area (Å²) in [5.41, 5.74) is 1.51. The van der Waals surface area contributed by atoms with Crippen LogP contribution in [0.3, 0.4) is 0 Å². The summed E-state index contributed by atoms with van der Waals surface area (Å²) in [7, 11) is 1.84. The highest BCUT2D eigenvalue weighted by Crippen LogP contribution is 2.18. The first kappa shape index (κ1) is 13.8. The molecule has 2 rings (SSSR count). The van der Waals surface area contributed by atoms with Crippen LogP contribution in [-0.2, 0) is 13.2 Å². The second-order valence-electron chi connectivity index (χ2n) is 4.08. The number of hydrogen-bond donors (Lipinski definition) is 1. The Labute approximate surface area is 116 Å². The van der Waals surface area contributed by atoms with E-state index in [4.69, 9.17) is 16.3 Å². The standard InChI is InChI=1S/C14H14ClFN2O/c1-17-6-10-2-3-14(16)11(4-10)9-19-13-5-12(15)7-18-8-13/h2-5,7-8,17H,6,9H2,1H3. The molecule has 19 heavy (non-hydrogen) atoms. The first-order valence-corrected chi connectivity index (χ1v) is 6.22. The van der Waals surface area contributed by atoms with Crippen LogP contribution in [0.5, 0.6) is 5.75 Å². The van der Waals surface area contributed by atoms with Crippen molar-refractivity contribution >= 4 is 11.6 Å². The van der Waals surface area contributed by atoms with Gasteiger partial charge in [-0.05, 0) is 24.7 Å². The molecule has 5 heteroatoms. The Hall–Kier alpha value is -1.65. The number of hydrogen-bond acceptors (Lipinski definition) is 3. The minimum Gasteiger partial charge on any atom is -0.487 e. The van der Waals surface area contributed by atoms with Crippen molar-refractivity contribution in [1.29, 1.82) is 0 Å². The molecule has 100 valence electrons. The predicted molar refractivity (Wildman–Crippen MR) is 72.7 cm³/mol. The number of pyridine rings is 1. The summed E-state index contributed by atoms with van der Waals surface area (Å²) in [6, 6.07) is 6.62. The van der Waals surface area contributed by atoms with Crippen molar-refractivity contribution in [2.24, 2.45) is 0 Å². The van der Waals surface area contributed by atoms with Crippen LogP contribution in [0, 0.1) is 5.82 Å². The predicted octanol–water partition coefficient (Wildman–Crippen LogP) is 3.17. The van der Waals surface area contributed by atoms with Gasteiger partial charge in [0.2, 0.25) is 0 Å². The van der Waals surface area contributed by atoms with Crippen LogP contribution in [0.15, 0.2) is 36.7 Å². The number of nitrogens with zero attached hydrogens (tertiary/aromatic N) is 1. The Morgan fingerprint density at radius 3 is 2.89 bits per heavy atom. The van der Waals surface area contributed by atoms with Crippen LogP contribution in [0.4, 0.5) is 4.39 Å². The normalized spacial score (nSPS) is 10.5. The van der Waals surface area contributed by atoms with Gasteiger partial charge in [0.05, 0.1) is 11.2 Å². The number of aromatic nitrogens is 1. The van der Waals surface area contributed by atoms with Gasteiger partial charge in [-0.1, -0.05) is 17.7 Å². The van der Waals surface area contributed by atoms with Crippen LogP contribution in [0.1, 0.15) is 11.1 Å². The van der Waals surface area contributed by atoms with Gasteiger partial charge in [0, 0.05) is 24.4 Å². The highest BCUT2D eigenvalue weighted by atomic mass is 35.5. The number of rotatable bonds is 5. The van der Waals surface area contributed by atoms with E-state index in [2.05, 4.69) is 10.3 Å². The topological polar surface area (TPSA) is 34.1 Å².